The second-order valence-corrected chi connectivity index (χ2v) is 3.77. The first-order valence-electron chi connectivity index (χ1n) is 5.04. The Morgan fingerprint density at radius 2 is 2.00 bits per heavy atom. The lowest BCUT2D eigenvalue weighted by molar-refractivity contribution is -0.124. The summed E-state index contributed by atoms with van der Waals surface area (Å²) >= 11 is 0. The number of carbonyl (C=O) groups is 1. The van der Waals surface area contributed by atoms with E-state index in [9.17, 15) is 4.79 Å². The van der Waals surface area contributed by atoms with E-state index in [2.05, 4.69) is 18.2 Å². The molecule has 0 aromatic heterocycles. The Morgan fingerprint density at radius 3 is 2.64 bits per heavy atom. The van der Waals surface area contributed by atoms with Gasteiger partial charge in [-0.05, 0) is 24.0 Å². The van der Waals surface area contributed by atoms with Crippen molar-refractivity contribution in [2.75, 3.05) is 0 Å². The SMILES string of the molecule is CC=Cc1ccccc1C1CC(=O)C1. The van der Waals surface area contributed by atoms with Gasteiger partial charge in [0.05, 0.1) is 0 Å². The molecular formula is C13H14O. The number of benzene rings is 1. The fourth-order valence-electron chi connectivity index (χ4n) is 1.92. The molecule has 1 aliphatic rings. The van der Waals surface area contributed by atoms with E-state index in [1.165, 1.54) is 11.1 Å². The summed E-state index contributed by atoms with van der Waals surface area (Å²) in [5, 5.41) is 0. The van der Waals surface area contributed by atoms with Crippen molar-refractivity contribution in [1.82, 2.24) is 0 Å². The summed E-state index contributed by atoms with van der Waals surface area (Å²) < 4.78 is 0. The lowest BCUT2D eigenvalue weighted by atomic mass is 9.77. The van der Waals surface area contributed by atoms with Gasteiger partial charge in [-0.3, -0.25) is 4.79 Å². The van der Waals surface area contributed by atoms with Gasteiger partial charge in [0.1, 0.15) is 5.78 Å². The molecule has 1 aliphatic carbocycles. The molecule has 0 heterocycles. The van der Waals surface area contributed by atoms with Gasteiger partial charge in [0.15, 0.2) is 0 Å². The maximum atomic E-state index is 10.9. The lowest BCUT2D eigenvalue weighted by Gasteiger charge is -2.25. The largest absolute Gasteiger partial charge is 0.300 e. The predicted octanol–water partition coefficient (Wildman–Crippen LogP) is 3.17. The van der Waals surface area contributed by atoms with E-state index in [4.69, 9.17) is 0 Å². The van der Waals surface area contributed by atoms with E-state index in [1.807, 2.05) is 25.1 Å². The molecule has 0 bridgehead atoms. The molecule has 1 nitrogen and oxygen atoms in total. The molecule has 0 saturated heterocycles. The highest BCUT2D eigenvalue weighted by Gasteiger charge is 2.28. The van der Waals surface area contributed by atoms with E-state index >= 15 is 0 Å². The third-order valence-electron chi connectivity index (χ3n) is 2.73. The molecule has 1 heteroatoms. The highest BCUT2D eigenvalue weighted by molar-refractivity contribution is 5.87. The Balaban J connectivity index is 2.27. The molecular weight excluding hydrogens is 172 g/mol. The molecule has 0 atom stereocenters. The van der Waals surface area contributed by atoms with Crippen LogP contribution in [-0.4, -0.2) is 5.78 Å². The summed E-state index contributed by atoms with van der Waals surface area (Å²) in [6, 6.07) is 8.33. The molecule has 1 fully saturated rings. The second kappa shape index (κ2) is 3.79. The summed E-state index contributed by atoms with van der Waals surface area (Å²) in [6.45, 7) is 2.02. The van der Waals surface area contributed by atoms with Gasteiger partial charge in [0.25, 0.3) is 0 Å². The average Bonchev–Trinajstić information content (AvgIpc) is 2.15. The van der Waals surface area contributed by atoms with Crippen LogP contribution in [0.3, 0.4) is 0 Å². The Kier molecular flexibility index (Phi) is 2.49. The van der Waals surface area contributed by atoms with E-state index in [-0.39, 0.29) is 0 Å². The zero-order valence-corrected chi connectivity index (χ0v) is 8.36. The van der Waals surface area contributed by atoms with Crippen LogP contribution >= 0.6 is 0 Å². The minimum atomic E-state index is 0.394. The zero-order valence-electron chi connectivity index (χ0n) is 8.36. The molecule has 0 aliphatic heterocycles. The van der Waals surface area contributed by atoms with Gasteiger partial charge in [0, 0.05) is 12.8 Å². The van der Waals surface area contributed by atoms with Gasteiger partial charge >= 0.3 is 0 Å². The fraction of sp³-hybridized carbons (Fsp3) is 0.308. The standard InChI is InChI=1S/C13H14O/c1-2-5-10-6-3-4-7-13(10)11-8-12(14)9-11/h2-7,11H,8-9H2,1H3. The fourth-order valence-corrected chi connectivity index (χ4v) is 1.92. The maximum absolute atomic E-state index is 10.9. The van der Waals surface area contributed by atoms with E-state index in [0.29, 0.717) is 11.7 Å². The second-order valence-electron chi connectivity index (χ2n) is 3.77. The summed E-state index contributed by atoms with van der Waals surface area (Å²) in [6.07, 6.45) is 5.61. The topological polar surface area (TPSA) is 17.1 Å². The number of Topliss-reactive ketones (excluding diaryl/α,β-unsaturated/α-hetero) is 1. The Labute approximate surface area is 84.5 Å². The molecule has 1 aromatic rings. The summed E-state index contributed by atoms with van der Waals surface area (Å²) in [5.41, 5.74) is 2.58. The van der Waals surface area contributed by atoms with E-state index in [1.54, 1.807) is 0 Å². The molecule has 1 aromatic carbocycles. The summed E-state index contributed by atoms with van der Waals surface area (Å²) in [4.78, 5) is 10.9. The minimum absolute atomic E-state index is 0.394. The Bertz CT molecular complexity index is 369. The third-order valence-corrected chi connectivity index (χ3v) is 2.73. The highest BCUT2D eigenvalue weighted by Crippen LogP contribution is 2.35. The first-order chi connectivity index (χ1) is 6.81. The molecule has 0 radical (unpaired) electrons. The van der Waals surface area contributed by atoms with Crippen LogP contribution in [0.2, 0.25) is 0 Å². The van der Waals surface area contributed by atoms with Gasteiger partial charge in [-0.25, -0.2) is 0 Å². The van der Waals surface area contributed by atoms with Crippen molar-refractivity contribution in [2.24, 2.45) is 0 Å². The van der Waals surface area contributed by atoms with Crippen molar-refractivity contribution in [3.8, 4) is 0 Å². The first kappa shape index (κ1) is 9.20. The van der Waals surface area contributed by atoms with Gasteiger partial charge in [-0.1, -0.05) is 36.4 Å². The predicted molar refractivity (Wildman–Crippen MR) is 58.1 cm³/mol. The molecule has 14 heavy (non-hydrogen) atoms. The first-order valence-corrected chi connectivity index (χ1v) is 5.04. The van der Waals surface area contributed by atoms with Crippen molar-refractivity contribution in [1.29, 1.82) is 0 Å². The molecule has 72 valence electrons. The molecule has 2 rings (SSSR count). The van der Waals surface area contributed by atoms with Crippen LogP contribution in [0.5, 0.6) is 0 Å². The van der Waals surface area contributed by atoms with Crippen molar-refractivity contribution in [3.05, 3.63) is 41.5 Å². The smallest absolute Gasteiger partial charge is 0.134 e. The van der Waals surface area contributed by atoms with Gasteiger partial charge < -0.3 is 0 Å². The van der Waals surface area contributed by atoms with Gasteiger partial charge in [-0.2, -0.15) is 0 Å². The van der Waals surface area contributed by atoms with Gasteiger partial charge in [-0.15, -0.1) is 0 Å². The van der Waals surface area contributed by atoms with Crippen molar-refractivity contribution in [3.63, 3.8) is 0 Å². The van der Waals surface area contributed by atoms with Crippen LogP contribution in [0.15, 0.2) is 30.3 Å². The van der Waals surface area contributed by atoms with Crippen LogP contribution in [-0.2, 0) is 4.79 Å². The monoisotopic (exact) mass is 186 g/mol. The summed E-state index contributed by atoms with van der Waals surface area (Å²) in [5.74, 6) is 0.861. The van der Waals surface area contributed by atoms with Crippen LogP contribution in [0.1, 0.15) is 36.8 Å². The van der Waals surface area contributed by atoms with Crippen LogP contribution in [0, 0.1) is 0 Å². The lowest BCUT2D eigenvalue weighted by Crippen LogP contribution is -2.21. The number of allylic oxidation sites excluding steroid dienone is 1. The maximum Gasteiger partial charge on any atom is 0.134 e. The molecule has 0 N–H and O–H groups in total. The number of ketones is 1. The third kappa shape index (κ3) is 1.63. The normalized spacial score (nSPS) is 17.4. The summed E-state index contributed by atoms with van der Waals surface area (Å²) in [7, 11) is 0. The number of hydrogen-bond acceptors (Lipinski definition) is 1. The molecule has 0 unspecified atom stereocenters. The average molecular weight is 186 g/mol. The Hall–Kier alpha value is -1.37. The quantitative estimate of drug-likeness (QED) is 0.693. The van der Waals surface area contributed by atoms with E-state index < -0.39 is 0 Å². The van der Waals surface area contributed by atoms with Crippen LogP contribution < -0.4 is 0 Å². The molecule has 0 spiro atoms. The zero-order chi connectivity index (χ0) is 9.97. The van der Waals surface area contributed by atoms with Crippen molar-refractivity contribution in [2.45, 2.75) is 25.7 Å². The van der Waals surface area contributed by atoms with E-state index in [0.717, 1.165) is 12.8 Å². The van der Waals surface area contributed by atoms with Crippen molar-refractivity contribution >= 4 is 11.9 Å². The molecule has 1 saturated carbocycles. The van der Waals surface area contributed by atoms with Crippen LogP contribution in [0.4, 0.5) is 0 Å². The minimum Gasteiger partial charge on any atom is -0.300 e. The number of carbonyl (C=O) groups excluding carboxylic acids is 1. The number of hydrogen-bond donors (Lipinski definition) is 0. The van der Waals surface area contributed by atoms with Gasteiger partial charge in [0.2, 0.25) is 0 Å². The highest BCUT2D eigenvalue weighted by atomic mass is 16.1. The number of rotatable bonds is 2. The van der Waals surface area contributed by atoms with Crippen molar-refractivity contribution < 1.29 is 4.79 Å². The Morgan fingerprint density at radius 1 is 1.29 bits per heavy atom. The molecule has 0 amide bonds. The van der Waals surface area contributed by atoms with Crippen LogP contribution in [0.25, 0.3) is 6.08 Å².